The van der Waals surface area contributed by atoms with Crippen LogP contribution in [-0.4, -0.2) is 53.0 Å². The zero-order chi connectivity index (χ0) is 20.3. The molecule has 0 atom stereocenters. The summed E-state index contributed by atoms with van der Waals surface area (Å²) in [7, 11) is 0.705. The third-order valence-corrected chi connectivity index (χ3v) is 6.01. The number of nitrogens with zero attached hydrogens (tertiary/aromatic N) is 1. The van der Waals surface area contributed by atoms with E-state index < -0.39 is 10.0 Å². The number of amides is 1. The molecule has 0 saturated heterocycles. The van der Waals surface area contributed by atoms with Gasteiger partial charge in [-0.05, 0) is 35.9 Å². The molecule has 1 aliphatic rings. The zero-order valence-electron chi connectivity index (χ0n) is 15.9. The van der Waals surface area contributed by atoms with Gasteiger partial charge in [0.2, 0.25) is 15.9 Å². The van der Waals surface area contributed by atoms with Crippen LogP contribution in [0.3, 0.4) is 0 Å². The fraction of sp³-hybridized carbons (Fsp3) is 0.316. The fourth-order valence-electron chi connectivity index (χ4n) is 2.73. The highest BCUT2D eigenvalue weighted by atomic mass is 32.2. The summed E-state index contributed by atoms with van der Waals surface area (Å²) in [5, 5.41) is 2.72. The van der Waals surface area contributed by atoms with Gasteiger partial charge in [0.1, 0.15) is 19.0 Å². The second-order valence-corrected chi connectivity index (χ2v) is 8.50. The average Bonchev–Trinajstić information content (AvgIpc) is 2.67. The van der Waals surface area contributed by atoms with E-state index in [9.17, 15) is 13.2 Å². The minimum absolute atomic E-state index is 0.0629. The van der Waals surface area contributed by atoms with Crippen molar-refractivity contribution < 1.29 is 27.4 Å². The number of hydrogen-bond acceptors (Lipinski definition) is 6. The molecule has 0 aromatic heterocycles. The van der Waals surface area contributed by atoms with Gasteiger partial charge in [-0.3, -0.25) is 4.79 Å². The molecule has 28 heavy (non-hydrogen) atoms. The van der Waals surface area contributed by atoms with Gasteiger partial charge in [0.15, 0.2) is 11.5 Å². The van der Waals surface area contributed by atoms with Gasteiger partial charge in [-0.15, -0.1) is 0 Å². The van der Waals surface area contributed by atoms with Crippen LogP contribution in [0, 0.1) is 0 Å². The molecule has 1 aliphatic heterocycles. The molecule has 2 aromatic carbocycles. The van der Waals surface area contributed by atoms with Crippen LogP contribution in [0.4, 0.5) is 5.69 Å². The number of sulfonamides is 1. The summed E-state index contributed by atoms with van der Waals surface area (Å²) in [5.74, 6) is 1.31. The monoisotopic (exact) mass is 406 g/mol. The Morgan fingerprint density at radius 3 is 2.50 bits per heavy atom. The van der Waals surface area contributed by atoms with Crippen molar-refractivity contribution in [3.05, 3.63) is 42.0 Å². The summed E-state index contributed by atoms with van der Waals surface area (Å²) >= 11 is 0. The van der Waals surface area contributed by atoms with Crippen LogP contribution in [0.5, 0.6) is 17.2 Å². The highest BCUT2D eigenvalue weighted by Gasteiger charge is 2.20. The first-order chi connectivity index (χ1) is 13.3. The quantitative estimate of drug-likeness (QED) is 0.787. The summed E-state index contributed by atoms with van der Waals surface area (Å²) in [6.45, 7) is 0.964. The number of carbonyl (C=O) groups is 1. The first-order valence-electron chi connectivity index (χ1n) is 8.60. The predicted molar refractivity (Wildman–Crippen MR) is 104 cm³/mol. The Morgan fingerprint density at radius 2 is 1.82 bits per heavy atom. The van der Waals surface area contributed by atoms with E-state index in [-0.39, 0.29) is 22.9 Å². The summed E-state index contributed by atoms with van der Waals surface area (Å²) in [4.78, 5) is 12.6. The minimum atomic E-state index is -3.63. The van der Waals surface area contributed by atoms with Crippen molar-refractivity contribution in [3.63, 3.8) is 0 Å². The number of methoxy groups -OCH3 is 1. The number of carbonyl (C=O) groups excluding carboxylic acids is 1. The lowest BCUT2D eigenvalue weighted by Gasteiger charge is -2.19. The molecule has 150 valence electrons. The van der Waals surface area contributed by atoms with E-state index in [2.05, 4.69) is 5.32 Å². The van der Waals surface area contributed by atoms with E-state index in [1.54, 1.807) is 18.2 Å². The number of ether oxygens (including phenoxy) is 3. The average molecular weight is 406 g/mol. The van der Waals surface area contributed by atoms with E-state index >= 15 is 0 Å². The molecular formula is C19H22N2O6S. The molecule has 1 amide bonds. The molecule has 0 spiro atoms. The minimum Gasteiger partial charge on any atom is -0.495 e. The molecule has 2 aromatic rings. The van der Waals surface area contributed by atoms with Gasteiger partial charge in [0.25, 0.3) is 0 Å². The number of nitrogens with one attached hydrogen (secondary N) is 1. The first kappa shape index (κ1) is 20.0. The van der Waals surface area contributed by atoms with Gasteiger partial charge in [-0.1, -0.05) is 6.07 Å². The van der Waals surface area contributed by atoms with Gasteiger partial charge in [0.05, 0.1) is 24.1 Å². The van der Waals surface area contributed by atoms with E-state index in [1.165, 1.54) is 39.4 Å². The second kappa shape index (κ2) is 8.07. The fourth-order valence-corrected chi connectivity index (χ4v) is 3.66. The Labute approximate surface area is 164 Å². The Hall–Kier alpha value is -2.78. The molecule has 0 bridgehead atoms. The Kier molecular flexibility index (Phi) is 5.76. The highest BCUT2D eigenvalue weighted by molar-refractivity contribution is 7.89. The Bertz CT molecular complexity index is 988. The molecule has 0 aliphatic carbocycles. The predicted octanol–water partition coefficient (Wildman–Crippen LogP) is 1.90. The standard InChI is InChI=1S/C19H22N2O6S/c1-21(2)28(23,24)14-5-7-16(25-3)15(12-14)20-19(22)11-13-4-6-17-18(10-13)27-9-8-26-17/h4-7,10,12H,8-9,11H2,1-3H3,(H,20,22). The van der Waals surface area contributed by atoms with Gasteiger partial charge >= 0.3 is 0 Å². The molecule has 0 radical (unpaired) electrons. The maximum Gasteiger partial charge on any atom is 0.242 e. The molecule has 1 heterocycles. The number of rotatable bonds is 6. The maximum absolute atomic E-state index is 12.5. The van der Waals surface area contributed by atoms with E-state index in [0.717, 1.165) is 9.87 Å². The largest absolute Gasteiger partial charge is 0.495 e. The highest BCUT2D eigenvalue weighted by Crippen LogP contribution is 2.32. The van der Waals surface area contributed by atoms with Gasteiger partial charge < -0.3 is 19.5 Å². The smallest absolute Gasteiger partial charge is 0.242 e. The zero-order valence-corrected chi connectivity index (χ0v) is 16.7. The van der Waals surface area contributed by atoms with Crippen molar-refractivity contribution in [1.29, 1.82) is 0 Å². The van der Waals surface area contributed by atoms with Crippen LogP contribution in [-0.2, 0) is 21.2 Å². The lowest BCUT2D eigenvalue weighted by molar-refractivity contribution is -0.115. The van der Waals surface area contributed by atoms with Crippen LogP contribution < -0.4 is 19.5 Å². The molecule has 0 unspecified atom stereocenters. The van der Waals surface area contributed by atoms with Crippen LogP contribution in [0.25, 0.3) is 0 Å². The van der Waals surface area contributed by atoms with E-state index in [1.807, 2.05) is 0 Å². The lowest BCUT2D eigenvalue weighted by atomic mass is 10.1. The van der Waals surface area contributed by atoms with Crippen LogP contribution in [0.2, 0.25) is 0 Å². The Morgan fingerprint density at radius 1 is 1.11 bits per heavy atom. The van der Waals surface area contributed by atoms with E-state index in [0.29, 0.717) is 30.5 Å². The topological polar surface area (TPSA) is 94.2 Å². The van der Waals surface area contributed by atoms with Crippen LogP contribution in [0.1, 0.15) is 5.56 Å². The van der Waals surface area contributed by atoms with Gasteiger partial charge in [-0.2, -0.15) is 0 Å². The third kappa shape index (κ3) is 4.20. The molecule has 9 heteroatoms. The molecule has 1 N–H and O–H groups in total. The van der Waals surface area contributed by atoms with Crippen LogP contribution in [0.15, 0.2) is 41.3 Å². The van der Waals surface area contributed by atoms with Crippen LogP contribution >= 0.6 is 0 Å². The second-order valence-electron chi connectivity index (χ2n) is 6.35. The first-order valence-corrected chi connectivity index (χ1v) is 10.0. The maximum atomic E-state index is 12.5. The van der Waals surface area contributed by atoms with Crippen molar-refractivity contribution in [2.45, 2.75) is 11.3 Å². The van der Waals surface area contributed by atoms with Crippen molar-refractivity contribution >= 4 is 21.6 Å². The van der Waals surface area contributed by atoms with Gasteiger partial charge in [-0.25, -0.2) is 12.7 Å². The molecule has 8 nitrogen and oxygen atoms in total. The summed E-state index contributed by atoms with van der Waals surface area (Å²) < 4.78 is 42.0. The number of hydrogen-bond donors (Lipinski definition) is 1. The number of fused-ring (bicyclic) bond motifs is 1. The Balaban J connectivity index is 1.79. The van der Waals surface area contributed by atoms with Crippen molar-refractivity contribution in [3.8, 4) is 17.2 Å². The summed E-state index contributed by atoms with van der Waals surface area (Å²) in [6.07, 6.45) is 0.0878. The molecular weight excluding hydrogens is 384 g/mol. The van der Waals surface area contributed by atoms with Gasteiger partial charge in [0, 0.05) is 14.1 Å². The van der Waals surface area contributed by atoms with Crippen molar-refractivity contribution in [2.75, 3.05) is 39.7 Å². The number of anilines is 1. The normalized spacial score (nSPS) is 13.3. The summed E-state index contributed by atoms with van der Waals surface area (Å²) in [5.41, 5.74) is 1.03. The molecule has 0 saturated carbocycles. The molecule has 0 fully saturated rings. The molecule has 3 rings (SSSR count). The lowest BCUT2D eigenvalue weighted by Crippen LogP contribution is -2.22. The van der Waals surface area contributed by atoms with E-state index in [4.69, 9.17) is 14.2 Å². The summed E-state index contributed by atoms with van der Waals surface area (Å²) in [6, 6.07) is 9.65. The van der Waals surface area contributed by atoms with Crippen molar-refractivity contribution in [2.24, 2.45) is 0 Å². The number of benzene rings is 2. The third-order valence-electron chi connectivity index (χ3n) is 4.19. The van der Waals surface area contributed by atoms with Crippen molar-refractivity contribution in [1.82, 2.24) is 4.31 Å². The SMILES string of the molecule is COc1ccc(S(=O)(=O)N(C)C)cc1NC(=O)Cc1ccc2c(c1)OCCO2.